The summed E-state index contributed by atoms with van der Waals surface area (Å²) in [6.07, 6.45) is 0.745. The minimum atomic E-state index is -0.0824. The Labute approximate surface area is 150 Å². The van der Waals surface area contributed by atoms with Gasteiger partial charge in [-0.2, -0.15) is 5.10 Å². The summed E-state index contributed by atoms with van der Waals surface area (Å²) in [5.41, 5.74) is 3.79. The molecule has 0 aliphatic heterocycles. The quantitative estimate of drug-likeness (QED) is 0.554. The zero-order valence-electron chi connectivity index (χ0n) is 14.2. The molecule has 0 aliphatic carbocycles. The van der Waals surface area contributed by atoms with Crippen LogP contribution in [0.4, 0.5) is 0 Å². The zero-order chi connectivity index (χ0) is 17.6. The maximum absolute atomic E-state index is 13.0. The number of hydrogen-bond donors (Lipinski definition) is 0. The molecule has 4 rings (SSSR count). The summed E-state index contributed by atoms with van der Waals surface area (Å²) in [7, 11) is 0. The number of rotatable bonds is 3. The Hall–Kier alpha value is -2.59. The summed E-state index contributed by atoms with van der Waals surface area (Å²) in [6.45, 7) is 4.54. The topological polar surface area (TPSA) is 39.3 Å². The molecule has 126 valence electrons. The number of aryl methyl sites for hydroxylation is 2. The van der Waals surface area contributed by atoms with Gasteiger partial charge < -0.3 is 0 Å². The maximum Gasteiger partial charge on any atom is 0.291 e. The molecule has 25 heavy (non-hydrogen) atoms. The summed E-state index contributed by atoms with van der Waals surface area (Å²) >= 11 is 5.94. The number of benzene rings is 2. The lowest BCUT2D eigenvalue weighted by molar-refractivity contribution is 0.605. The maximum atomic E-state index is 13.0. The van der Waals surface area contributed by atoms with E-state index in [0.29, 0.717) is 17.1 Å². The second-order valence-corrected chi connectivity index (χ2v) is 6.72. The molecule has 2 aromatic heterocycles. The summed E-state index contributed by atoms with van der Waals surface area (Å²) in [4.78, 5) is 13.0. The predicted octanol–water partition coefficient (Wildman–Crippen LogP) is 4.22. The van der Waals surface area contributed by atoms with Crippen molar-refractivity contribution >= 4 is 28.0 Å². The van der Waals surface area contributed by atoms with Gasteiger partial charge in [0.1, 0.15) is 11.3 Å². The van der Waals surface area contributed by atoms with Crippen molar-refractivity contribution in [2.75, 3.05) is 0 Å². The predicted molar refractivity (Wildman–Crippen MR) is 102 cm³/mol. The van der Waals surface area contributed by atoms with E-state index in [2.05, 4.69) is 37.1 Å². The molecular weight excluding hydrogens is 334 g/mol. The molecule has 0 radical (unpaired) electrons. The van der Waals surface area contributed by atoms with Gasteiger partial charge in [-0.05, 0) is 42.8 Å². The summed E-state index contributed by atoms with van der Waals surface area (Å²) in [6, 6.07) is 15.7. The molecule has 4 aromatic rings. The highest BCUT2D eigenvalue weighted by atomic mass is 35.5. The van der Waals surface area contributed by atoms with Crippen LogP contribution >= 0.6 is 11.6 Å². The molecule has 0 saturated carbocycles. The molecule has 0 aliphatic rings. The van der Waals surface area contributed by atoms with E-state index in [4.69, 9.17) is 11.6 Å². The van der Waals surface area contributed by atoms with Crippen molar-refractivity contribution < 1.29 is 0 Å². The average Bonchev–Trinajstić information content (AvgIpc) is 2.98. The summed E-state index contributed by atoms with van der Waals surface area (Å²) in [5, 5.41) is 6.37. The smallest absolute Gasteiger partial charge is 0.291 e. The molecule has 0 fully saturated rings. The van der Waals surface area contributed by atoms with Crippen LogP contribution in [0.1, 0.15) is 23.9 Å². The fraction of sp³-hybridized carbons (Fsp3) is 0.200. The van der Waals surface area contributed by atoms with E-state index in [9.17, 15) is 4.79 Å². The number of nitrogens with zero attached hydrogens (tertiary/aromatic N) is 3. The Morgan fingerprint density at radius 2 is 1.80 bits per heavy atom. The van der Waals surface area contributed by atoms with E-state index in [-0.39, 0.29) is 5.56 Å². The van der Waals surface area contributed by atoms with Crippen molar-refractivity contribution in [1.29, 1.82) is 0 Å². The minimum absolute atomic E-state index is 0.0824. The highest BCUT2D eigenvalue weighted by Gasteiger charge is 2.13. The van der Waals surface area contributed by atoms with Crippen LogP contribution in [0.3, 0.4) is 0 Å². The molecule has 0 bridgehead atoms. The summed E-state index contributed by atoms with van der Waals surface area (Å²) < 4.78 is 3.53. The summed E-state index contributed by atoms with van der Waals surface area (Å²) in [5.74, 6) is 0.877. The highest BCUT2D eigenvalue weighted by Crippen LogP contribution is 2.21. The Morgan fingerprint density at radius 3 is 2.52 bits per heavy atom. The van der Waals surface area contributed by atoms with Crippen LogP contribution in [0.2, 0.25) is 5.02 Å². The monoisotopic (exact) mass is 351 g/mol. The number of halogens is 1. The van der Waals surface area contributed by atoms with E-state index in [1.54, 1.807) is 4.68 Å². The first kappa shape index (κ1) is 15.9. The van der Waals surface area contributed by atoms with Gasteiger partial charge in [0.25, 0.3) is 5.56 Å². The van der Waals surface area contributed by atoms with Gasteiger partial charge in [0.2, 0.25) is 0 Å². The van der Waals surface area contributed by atoms with Crippen molar-refractivity contribution in [3.05, 3.63) is 80.9 Å². The van der Waals surface area contributed by atoms with E-state index in [1.807, 2.05) is 34.7 Å². The van der Waals surface area contributed by atoms with Gasteiger partial charge in [0, 0.05) is 16.8 Å². The van der Waals surface area contributed by atoms with Crippen molar-refractivity contribution in [1.82, 2.24) is 14.2 Å². The van der Waals surface area contributed by atoms with Crippen molar-refractivity contribution in [2.45, 2.75) is 26.8 Å². The molecule has 0 spiro atoms. The lowest BCUT2D eigenvalue weighted by Crippen LogP contribution is -2.27. The van der Waals surface area contributed by atoms with E-state index in [1.165, 1.54) is 5.56 Å². The second kappa shape index (κ2) is 6.05. The van der Waals surface area contributed by atoms with Gasteiger partial charge in [-0.25, -0.2) is 4.68 Å². The Kier molecular flexibility index (Phi) is 3.85. The van der Waals surface area contributed by atoms with E-state index in [0.717, 1.165) is 28.7 Å². The van der Waals surface area contributed by atoms with Crippen LogP contribution in [0.25, 0.3) is 16.4 Å². The van der Waals surface area contributed by atoms with Gasteiger partial charge >= 0.3 is 0 Å². The molecule has 0 N–H and O–H groups in total. The third-order valence-corrected chi connectivity index (χ3v) is 4.72. The van der Waals surface area contributed by atoms with Gasteiger partial charge in [0.15, 0.2) is 0 Å². The minimum Gasteiger partial charge on any atom is -0.291 e. The van der Waals surface area contributed by atoms with Crippen LogP contribution in [-0.2, 0) is 13.0 Å². The lowest BCUT2D eigenvalue weighted by Gasteiger charge is -2.10. The first-order chi connectivity index (χ1) is 12.1. The molecule has 2 heterocycles. The third-order valence-electron chi connectivity index (χ3n) is 4.47. The average molecular weight is 352 g/mol. The first-order valence-electron chi connectivity index (χ1n) is 8.33. The zero-order valence-corrected chi connectivity index (χ0v) is 14.9. The van der Waals surface area contributed by atoms with Crippen LogP contribution in [0.5, 0.6) is 0 Å². The van der Waals surface area contributed by atoms with Crippen molar-refractivity contribution in [3.63, 3.8) is 0 Å². The number of hydrogen-bond acceptors (Lipinski definition) is 2. The molecule has 0 saturated heterocycles. The van der Waals surface area contributed by atoms with Crippen molar-refractivity contribution in [3.8, 4) is 0 Å². The molecule has 5 heteroatoms. The Morgan fingerprint density at radius 1 is 1.04 bits per heavy atom. The third kappa shape index (κ3) is 2.72. The van der Waals surface area contributed by atoms with E-state index >= 15 is 0 Å². The van der Waals surface area contributed by atoms with Crippen LogP contribution in [0, 0.1) is 6.92 Å². The Balaban J connectivity index is 1.94. The normalized spacial score (nSPS) is 11.5. The first-order valence-corrected chi connectivity index (χ1v) is 8.71. The molecule has 4 nitrogen and oxygen atoms in total. The van der Waals surface area contributed by atoms with Gasteiger partial charge in [-0.3, -0.25) is 9.20 Å². The molecule has 2 aromatic carbocycles. The van der Waals surface area contributed by atoms with Crippen LogP contribution in [0.15, 0.2) is 53.3 Å². The molecule has 0 atom stereocenters. The number of aromatic nitrogens is 3. The highest BCUT2D eigenvalue weighted by molar-refractivity contribution is 6.30. The molecule has 0 unspecified atom stereocenters. The standard InChI is InChI=1S/C20H18ClN3O/c1-3-19-22-23(12-14-5-7-16(21)8-6-14)20(25)18-11-15-10-13(2)4-9-17(15)24(18)19/h4-11H,3,12H2,1-2H3. The van der Waals surface area contributed by atoms with Crippen LogP contribution in [-0.4, -0.2) is 14.2 Å². The SMILES string of the molecule is CCc1nn(Cc2ccc(Cl)cc2)c(=O)c2cc3cc(C)ccc3n12. The van der Waals surface area contributed by atoms with Gasteiger partial charge in [-0.1, -0.05) is 42.3 Å². The van der Waals surface area contributed by atoms with Gasteiger partial charge in [-0.15, -0.1) is 0 Å². The van der Waals surface area contributed by atoms with Gasteiger partial charge in [0.05, 0.1) is 12.1 Å². The van der Waals surface area contributed by atoms with Crippen LogP contribution < -0.4 is 5.56 Å². The molecule has 0 amide bonds. The fourth-order valence-electron chi connectivity index (χ4n) is 3.23. The fourth-order valence-corrected chi connectivity index (χ4v) is 3.36. The molecular formula is C20H18ClN3O. The Bertz CT molecular complexity index is 1140. The number of fused-ring (bicyclic) bond motifs is 3. The largest absolute Gasteiger partial charge is 0.291 e. The second-order valence-electron chi connectivity index (χ2n) is 6.29. The lowest BCUT2D eigenvalue weighted by atomic mass is 10.2. The van der Waals surface area contributed by atoms with Crippen molar-refractivity contribution in [2.24, 2.45) is 0 Å². The van der Waals surface area contributed by atoms with E-state index < -0.39 is 0 Å².